The number of hydrogen-bond acceptors (Lipinski definition) is 4. The number of carbonyl (C=O) groups is 1. The molecule has 1 aromatic heterocycles. The van der Waals surface area contributed by atoms with Crippen LogP contribution in [0.15, 0.2) is 18.2 Å². The molecule has 2 atom stereocenters. The van der Waals surface area contributed by atoms with Crippen LogP contribution in [0.5, 0.6) is 11.5 Å². The van der Waals surface area contributed by atoms with Gasteiger partial charge in [0, 0.05) is 30.5 Å². The number of nitrogens with zero attached hydrogens (tertiary/aromatic N) is 1. The smallest absolute Gasteiger partial charge is 0.270 e. The summed E-state index contributed by atoms with van der Waals surface area (Å²) in [5.74, 6) is 1.36. The molecule has 0 radical (unpaired) electrons. The molecule has 2 unspecified atom stereocenters. The average Bonchev–Trinajstić information content (AvgIpc) is 3.16. The largest absolute Gasteiger partial charge is 0.493 e. The van der Waals surface area contributed by atoms with Crippen molar-refractivity contribution in [3.8, 4) is 11.5 Å². The zero-order chi connectivity index (χ0) is 16.6. The van der Waals surface area contributed by atoms with Crippen molar-refractivity contribution in [1.82, 2.24) is 9.88 Å². The number of aromatic amines is 1. The lowest BCUT2D eigenvalue weighted by atomic mass is 10.1. The van der Waals surface area contributed by atoms with Gasteiger partial charge in [-0.25, -0.2) is 0 Å². The second-order valence-electron chi connectivity index (χ2n) is 6.04. The monoisotopic (exact) mass is 318 g/mol. The Bertz CT molecular complexity index is 725. The van der Waals surface area contributed by atoms with E-state index in [1.54, 1.807) is 20.3 Å². The van der Waals surface area contributed by atoms with Crippen molar-refractivity contribution < 1.29 is 19.4 Å². The number of aromatic nitrogens is 1. The van der Waals surface area contributed by atoms with E-state index in [0.717, 1.165) is 17.3 Å². The highest BCUT2D eigenvalue weighted by Crippen LogP contribution is 2.36. The second-order valence-corrected chi connectivity index (χ2v) is 6.04. The maximum absolute atomic E-state index is 12.8. The molecule has 0 aliphatic carbocycles. The van der Waals surface area contributed by atoms with Crippen LogP contribution in [0.2, 0.25) is 0 Å². The summed E-state index contributed by atoms with van der Waals surface area (Å²) in [5.41, 5.74) is 1.36. The Morgan fingerprint density at radius 2 is 2.17 bits per heavy atom. The minimum atomic E-state index is -0.0503. The van der Waals surface area contributed by atoms with Gasteiger partial charge in [-0.2, -0.15) is 0 Å². The predicted octanol–water partition coefficient (Wildman–Crippen LogP) is 2.03. The zero-order valence-corrected chi connectivity index (χ0v) is 13.6. The summed E-state index contributed by atoms with van der Waals surface area (Å²) in [5, 5.41) is 10.1. The van der Waals surface area contributed by atoms with Crippen molar-refractivity contribution in [2.24, 2.45) is 5.92 Å². The molecular weight excluding hydrogens is 296 g/mol. The third kappa shape index (κ3) is 2.63. The lowest BCUT2D eigenvalue weighted by Gasteiger charge is -2.20. The van der Waals surface area contributed by atoms with Gasteiger partial charge in [0.2, 0.25) is 0 Å². The molecule has 3 rings (SSSR count). The molecule has 0 saturated carbocycles. The number of nitrogens with one attached hydrogen (secondary N) is 1. The summed E-state index contributed by atoms with van der Waals surface area (Å²) in [4.78, 5) is 17.8. The van der Waals surface area contributed by atoms with Gasteiger partial charge >= 0.3 is 0 Å². The molecule has 6 heteroatoms. The number of fused-ring (bicyclic) bond motifs is 1. The summed E-state index contributed by atoms with van der Waals surface area (Å²) < 4.78 is 10.7. The summed E-state index contributed by atoms with van der Waals surface area (Å²) in [6.07, 6.45) is 0.833. The minimum absolute atomic E-state index is 0.0503. The van der Waals surface area contributed by atoms with E-state index in [0.29, 0.717) is 23.7 Å². The number of hydrogen-bond donors (Lipinski definition) is 2. The van der Waals surface area contributed by atoms with Crippen molar-refractivity contribution in [3.63, 3.8) is 0 Å². The molecule has 2 heterocycles. The molecule has 1 saturated heterocycles. The van der Waals surface area contributed by atoms with Crippen LogP contribution in [0, 0.1) is 5.92 Å². The van der Waals surface area contributed by atoms with E-state index in [1.807, 2.05) is 24.0 Å². The number of H-pyrrole nitrogens is 1. The van der Waals surface area contributed by atoms with Gasteiger partial charge < -0.3 is 24.5 Å². The molecular formula is C17H22N2O4. The fraction of sp³-hybridized carbons (Fsp3) is 0.471. The van der Waals surface area contributed by atoms with Crippen molar-refractivity contribution >= 4 is 16.8 Å². The first-order valence-corrected chi connectivity index (χ1v) is 7.74. The van der Waals surface area contributed by atoms with Crippen LogP contribution in [-0.4, -0.2) is 54.3 Å². The van der Waals surface area contributed by atoms with Gasteiger partial charge in [-0.3, -0.25) is 4.79 Å². The maximum Gasteiger partial charge on any atom is 0.270 e. The minimum Gasteiger partial charge on any atom is -0.493 e. The number of aliphatic hydroxyl groups excluding tert-OH is 1. The van der Waals surface area contributed by atoms with Crippen LogP contribution >= 0.6 is 0 Å². The highest BCUT2D eigenvalue weighted by Gasteiger charge is 2.33. The number of aliphatic hydroxyl groups is 1. The van der Waals surface area contributed by atoms with Crippen molar-refractivity contribution in [1.29, 1.82) is 0 Å². The summed E-state index contributed by atoms with van der Waals surface area (Å²) in [6, 6.07) is 5.62. The number of benzene rings is 1. The fourth-order valence-corrected chi connectivity index (χ4v) is 3.36. The number of amides is 1. The van der Waals surface area contributed by atoms with Crippen LogP contribution < -0.4 is 9.47 Å². The van der Waals surface area contributed by atoms with Crippen LogP contribution in [0.1, 0.15) is 23.8 Å². The van der Waals surface area contributed by atoms with Gasteiger partial charge in [-0.05, 0) is 31.5 Å². The Balaban J connectivity index is 1.96. The zero-order valence-electron chi connectivity index (χ0n) is 13.6. The van der Waals surface area contributed by atoms with Crippen molar-refractivity contribution in [2.75, 3.05) is 27.4 Å². The number of likely N-dealkylation sites (tertiary alicyclic amines) is 1. The summed E-state index contributed by atoms with van der Waals surface area (Å²) in [7, 11) is 3.17. The Kier molecular flexibility index (Phi) is 4.17. The lowest BCUT2D eigenvalue weighted by Crippen LogP contribution is -2.34. The fourth-order valence-electron chi connectivity index (χ4n) is 3.36. The van der Waals surface area contributed by atoms with Gasteiger partial charge in [0.15, 0.2) is 11.5 Å². The quantitative estimate of drug-likeness (QED) is 0.904. The Labute approximate surface area is 135 Å². The molecule has 23 heavy (non-hydrogen) atoms. The number of rotatable bonds is 4. The van der Waals surface area contributed by atoms with E-state index < -0.39 is 0 Å². The van der Waals surface area contributed by atoms with Gasteiger partial charge in [0.25, 0.3) is 5.91 Å². The predicted molar refractivity (Wildman–Crippen MR) is 87.1 cm³/mol. The highest BCUT2D eigenvalue weighted by molar-refractivity contribution is 6.00. The van der Waals surface area contributed by atoms with Crippen LogP contribution in [0.25, 0.3) is 10.9 Å². The molecule has 2 N–H and O–H groups in total. The van der Waals surface area contributed by atoms with Gasteiger partial charge in [0.05, 0.1) is 19.7 Å². The molecule has 1 aromatic carbocycles. The van der Waals surface area contributed by atoms with Crippen molar-refractivity contribution in [3.05, 3.63) is 23.9 Å². The van der Waals surface area contributed by atoms with E-state index >= 15 is 0 Å². The highest BCUT2D eigenvalue weighted by atomic mass is 16.5. The molecule has 1 fully saturated rings. The van der Waals surface area contributed by atoms with E-state index in [1.165, 1.54) is 0 Å². The molecule has 124 valence electrons. The molecule has 0 bridgehead atoms. The average molecular weight is 318 g/mol. The van der Waals surface area contributed by atoms with Crippen molar-refractivity contribution in [2.45, 2.75) is 19.4 Å². The van der Waals surface area contributed by atoms with Crippen LogP contribution in [0.3, 0.4) is 0 Å². The molecule has 2 aromatic rings. The summed E-state index contributed by atoms with van der Waals surface area (Å²) in [6.45, 7) is 2.72. The topological polar surface area (TPSA) is 74.8 Å². The standard InChI is InChI=1S/C17H22N2O4/c1-10-6-11(9-20)8-19(10)17(21)14-7-12-13(18-14)4-5-15(22-2)16(12)23-3/h4-5,7,10-11,18,20H,6,8-9H2,1-3H3. The van der Waals surface area contributed by atoms with E-state index in [9.17, 15) is 9.90 Å². The normalized spacial score (nSPS) is 21.0. The van der Waals surface area contributed by atoms with Crippen LogP contribution in [0.4, 0.5) is 0 Å². The summed E-state index contributed by atoms with van der Waals surface area (Å²) >= 11 is 0. The Morgan fingerprint density at radius 1 is 1.39 bits per heavy atom. The first kappa shape index (κ1) is 15.7. The first-order valence-electron chi connectivity index (χ1n) is 7.74. The number of methoxy groups -OCH3 is 2. The SMILES string of the molecule is COc1ccc2[nH]c(C(=O)N3CC(CO)CC3C)cc2c1OC. The van der Waals surface area contributed by atoms with Crippen LogP contribution in [-0.2, 0) is 0 Å². The molecule has 0 spiro atoms. The Hall–Kier alpha value is -2.21. The van der Waals surface area contributed by atoms with E-state index in [4.69, 9.17) is 9.47 Å². The van der Waals surface area contributed by atoms with Gasteiger partial charge in [0.1, 0.15) is 5.69 Å². The number of ether oxygens (including phenoxy) is 2. The molecule has 1 aliphatic heterocycles. The third-order valence-corrected chi connectivity index (χ3v) is 4.55. The second kappa shape index (κ2) is 6.12. The first-order chi connectivity index (χ1) is 11.1. The van der Waals surface area contributed by atoms with Gasteiger partial charge in [-0.15, -0.1) is 0 Å². The van der Waals surface area contributed by atoms with E-state index in [-0.39, 0.29) is 24.5 Å². The Morgan fingerprint density at radius 3 is 2.78 bits per heavy atom. The molecule has 6 nitrogen and oxygen atoms in total. The lowest BCUT2D eigenvalue weighted by molar-refractivity contribution is 0.0734. The number of carbonyl (C=O) groups excluding carboxylic acids is 1. The maximum atomic E-state index is 12.8. The third-order valence-electron chi connectivity index (χ3n) is 4.55. The van der Waals surface area contributed by atoms with Gasteiger partial charge in [-0.1, -0.05) is 0 Å². The molecule has 1 aliphatic rings. The van der Waals surface area contributed by atoms with E-state index in [2.05, 4.69) is 4.98 Å². The molecule has 1 amide bonds.